The van der Waals surface area contributed by atoms with Gasteiger partial charge < -0.3 is 10.6 Å². The molecule has 0 saturated heterocycles. The highest BCUT2D eigenvalue weighted by atomic mass is 32.1. The highest BCUT2D eigenvalue weighted by Crippen LogP contribution is 2.43. The minimum atomic E-state index is 0.0120. The van der Waals surface area contributed by atoms with Crippen molar-refractivity contribution in [3.8, 4) is 0 Å². The Balaban J connectivity index is 1.32. The maximum atomic E-state index is 12.5. The Morgan fingerprint density at radius 3 is 2.65 bits per heavy atom. The lowest BCUT2D eigenvalue weighted by molar-refractivity contribution is -0.121. The molecule has 2 N–H and O–H groups in total. The van der Waals surface area contributed by atoms with E-state index in [4.69, 9.17) is 0 Å². The van der Waals surface area contributed by atoms with E-state index in [0.717, 1.165) is 42.8 Å². The van der Waals surface area contributed by atoms with Gasteiger partial charge in [0.05, 0.1) is 4.88 Å². The van der Waals surface area contributed by atoms with Crippen molar-refractivity contribution in [2.24, 2.45) is 5.92 Å². The molecule has 0 atom stereocenters. The molecule has 164 valence electrons. The molecule has 2 amide bonds. The van der Waals surface area contributed by atoms with Crippen LogP contribution in [0.15, 0.2) is 36.5 Å². The number of nitrogens with one attached hydrogen (secondary N) is 2. The minimum absolute atomic E-state index is 0.0120. The third-order valence-corrected chi connectivity index (χ3v) is 7.58. The molecule has 7 heteroatoms. The molecule has 3 aromatic rings. The van der Waals surface area contributed by atoms with Crippen LogP contribution in [0.3, 0.4) is 0 Å². The van der Waals surface area contributed by atoms with Crippen molar-refractivity contribution < 1.29 is 9.59 Å². The summed E-state index contributed by atoms with van der Waals surface area (Å²) < 4.78 is 3.04. The van der Waals surface area contributed by atoms with Crippen LogP contribution >= 0.6 is 11.3 Å². The minimum Gasteiger partial charge on any atom is -0.356 e. The van der Waals surface area contributed by atoms with Crippen LogP contribution in [-0.4, -0.2) is 35.2 Å². The number of carbonyl (C=O) groups is 2. The molecule has 0 bridgehead atoms. The van der Waals surface area contributed by atoms with Gasteiger partial charge in [0.15, 0.2) is 0 Å². The molecule has 1 saturated carbocycles. The van der Waals surface area contributed by atoms with E-state index in [1.165, 1.54) is 15.6 Å². The second kappa shape index (κ2) is 9.64. The maximum absolute atomic E-state index is 12.5. The van der Waals surface area contributed by atoms with E-state index in [9.17, 15) is 9.59 Å². The van der Waals surface area contributed by atoms with Crippen LogP contribution in [0.25, 0.3) is 10.1 Å². The third kappa shape index (κ3) is 4.82. The van der Waals surface area contributed by atoms with Gasteiger partial charge in [-0.05, 0) is 67.5 Å². The van der Waals surface area contributed by atoms with Gasteiger partial charge in [0.1, 0.15) is 0 Å². The van der Waals surface area contributed by atoms with Gasteiger partial charge in [-0.2, -0.15) is 5.10 Å². The van der Waals surface area contributed by atoms with E-state index in [2.05, 4.69) is 33.9 Å². The summed E-state index contributed by atoms with van der Waals surface area (Å²) >= 11 is 1.59. The predicted octanol–water partition coefficient (Wildman–Crippen LogP) is 4.25. The zero-order valence-electron chi connectivity index (χ0n) is 18.2. The number of aryl methyl sites for hydroxylation is 2. The summed E-state index contributed by atoms with van der Waals surface area (Å²) in [7, 11) is 1.70. The van der Waals surface area contributed by atoms with Crippen molar-refractivity contribution in [3.63, 3.8) is 0 Å². The monoisotopic (exact) mass is 438 g/mol. The molecule has 1 aliphatic rings. The van der Waals surface area contributed by atoms with Crippen molar-refractivity contribution >= 4 is 33.2 Å². The number of fused-ring (bicyclic) bond motifs is 1. The summed E-state index contributed by atoms with van der Waals surface area (Å²) in [6, 6.07) is 10.3. The summed E-state index contributed by atoms with van der Waals surface area (Å²) in [5.74, 6) is 0.999. The number of benzene rings is 1. The van der Waals surface area contributed by atoms with Crippen LogP contribution in [0.4, 0.5) is 0 Å². The fourth-order valence-electron chi connectivity index (χ4n) is 4.60. The van der Waals surface area contributed by atoms with Crippen molar-refractivity contribution in [1.29, 1.82) is 0 Å². The lowest BCUT2D eigenvalue weighted by atomic mass is 9.77. The molecule has 1 fully saturated rings. The van der Waals surface area contributed by atoms with Gasteiger partial charge in [-0.25, -0.2) is 0 Å². The Morgan fingerprint density at radius 1 is 1.16 bits per heavy atom. The van der Waals surface area contributed by atoms with Crippen LogP contribution in [-0.2, 0) is 11.3 Å². The van der Waals surface area contributed by atoms with Gasteiger partial charge in [0.2, 0.25) is 5.91 Å². The molecule has 4 rings (SSSR count). The van der Waals surface area contributed by atoms with E-state index in [1.807, 2.05) is 23.7 Å². The molecule has 0 spiro atoms. The van der Waals surface area contributed by atoms with E-state index in [0.29, 0.717) is 24.8 Å². The first-order valence-corrected chi connectivity index (χ1v) is 11.9. The topological polar surface area (TPSA) is 76.0 Å². The molecule has 0 unspecified atom stereocenters. The predicted molar refractivity (Wildman–Crippen MR) is 125 cm³/mol. The van der Waals surface area contributed by atoms with Gasteiger partial charge in [-0.3, -0.25) is 14.3 Å². The van der Waals surface area contributed by atoms with Crippen molar-refractivity contribution in [1.82, 2.24) is 20.4 Å². The SMILES string of the molecule is CNC(=O)c1sc2ccccc2c1C1CCC(CNC(=O)CCn2nccc2C)CC1. The number of aromatic nitrogens is 2. The molecule has 1 aromatic carbocycles. The number of hydrogen-bond donors (Lipinski definition) is 2. The van der Waals surface area contributed by atoms with Crippen molar-refractivity contribution in [3.05, 3.63) is 52.7 Å². The molecule has 2 aromatic heterocycles. The van der Waals surface area contributed by atoms with E-state index >= 15 is 0 Å². The van der Waals surface area contributed by atoms with Crippen LogP contribution in [0.1, 0.15) is 59.0 Å². The lowest BCUT2D eigenvalue weighted by Crippen LogP contribution is -2.31. The first kappa shape index (κ1) is 21.6. The number of rotatable bonds is 7. The summed E-state index contributed by atoms with van der Waals surface area (Å²) in [4.78, 5) is 25.6. The molecule has 0 radical (unpaired) electrons. The van der Waals surface area contributed by atoms with E-state index < -0.39 is 0 Å². The summed E-state index contributed by atoms with van der Waals surface area (Å²) in [6.07, 6.45) is 6.46. The van der Waals surface area contributed by atoms with Gasteiger partial charge in [0.25, 0.3) is 5.91 Å². The van der Waals surface area contributed by atoms with Crippen LogP contribution in [0.5, 0.6) is 0 Å². The van der Waals surface area contributed by atoms with Crippen LogP contribution in [0, 0.1) is 12.8 Å². The smallest absolute Gasteiger partial charge is 0.261 e. The van der Waals surface area contributed by atoms with Gasteiger partial charge in [-0.15, -0.1) is 11.3 Å². The van der Waals surface area contributed by atoms with E-state index in [1.54, 1.807) is 24.6 Å². The van der Waals surface area contributed by atoms with Crippen LogP contribution < -0.4 is 10.6 Å². The van der Waals surface area contributed by atoms with E-state index in [-0.39, 0.29) is 11.8 Å². The number of thiophene rings is 1. The highest BCUT2D eigenvalue weighted by Gasteiger charge is 2.28. The Kier molecular flexibility index (Phi) is 6.70. The molecular formula is C24H30N4O2S. The van der Waals surface area contributed by atoms with Crippen LogP contribution in [0.2, 0.25) is 0 Å². The second-order valence-corrected chi connectivity index (χ2v) is 9.44. The zero-order chi connectivity index (χ0) is 21.8. The van der Waals surface area contributed by atoms with Gasteiger partial charge in [-0.1, -0.05) is 18.2 Å². The summed E-state index contributed by atoms with van der Waals surface area (Å²) in [5, 5.41) is 11.4. The third-order valence-electron chi connectivity index (χ3n) is 6.39. The van der Waals surface area contributed by atoms with Gasteiger partial charge >= 0.3 is 0 Å². The molecule has 31 heavy (non-hydrogen) atoms. The average Bonchev–Trinajstić information content (AvgIpc) is 3.39. The number of amides is 2. The van der Waals surface area contributed by atoms with Gasteiger partial charge in [0, 0.05) is 43.1 Å². The number of hydrogen-bond acceptors (Lipinski definition) is 4. The second-order valence-electron chi connectivity index (χ2n) is 8.39. The normalized spacial score (nSPS) is 18.8. The quantitative estimate of drug-likeness (QED) is 0.579. The zero-order valence-corrected chi connectivity index (χ0v) is 19.0. The fraction of sp³-hybridized carbons (Fsp3) is 0.458. The Labute approximate surface area is 187 Å². The molecule has 1 aliphatic carbocycles. The summed E-state index contributed by atoms with van der Waals surface area (Å²) in [5.41, 5.74) is 2.29. The van der Waals surface area contributed by atoms with Crippen molar-refractivity contribution in [2.45, 2.75) is 51.5 Å². The molecule has 2 heterocycles. The fourth-order valence-corrected chi connectivity index (χ4v) is 5.83. The largest absolute Gasteiger partial charge is 0.356 e. The standard InChI is InChI=1S/C24H30N4O2S/c1-16-11-13-27-28(16)14-12-21(29)26-15-17-7-9-18(10-8-17)22-19-5-3-4-6-20(19)31-23(22)24(30)25-2/h3-6,11,13,17-18H,7-10,12,14-15H2,1-2H3,(H,25,30)(H,26,29). The average molecular weight is 439 g/mol. The Bertz CT molecular complexity index is 1060. The number of nitrogens with zero attached hydrogens (tertiary/aromatic N) is 2. The van der Waals surface area contributed by atoms with Crippen molar-refractivity contribution in [2.75, 3.05) is 13.6 Å². The molecule has 0 aliphatic heterocycles. The number of carbonyl (C=O) groups excluding carboxylic acids is 2. The summed E-state index contributed by atoms with van der Waals surface area (Å²) in [6.45, 7) is 3.34. The highest BCUT2D eigenvalue weighted by molar-refractivity contribution is 7.21. The first-order chi connectivity index (χ1) is 15.1. The maximum Gasteiger partial charge on any atom is 0.261 e. The Hall–Kier alpha value is -2.67. The Morgan fingerprint density at radius 2 is 1.94 bits per heavy atom. The lowest BCUT2D eigenvalue weighted by Gasteiger charge is -2.29. The first-order valence-electron chi connectivity index (χ1n) is 11.1. The molecular weight excluding hydrogens is 408 g/mol. The molecule has 6 nitrogen and oxygen atoms in total.